The molecule has 2 aliphatic rings. The Kier molecular flexibility index (Phi) is 6.45. The second kappa shape index (κ2) is 9.41. The molecule has 1 saturated heterocycles. The predicted octanol–water partition coefficient (Wildman–Crippen LogP) is 2.91. The number of carbonyl (C=O) groups is 2. The van der Waals surface area contributed by atoms with Gasteiger partial charge in [-0.2, -0.15) is 0 Å². The van der Waals surface area contributed by atoms with Crippen LogP contribution >= 0.6 is 0 Å². The molecule has 30 heavy (non-hydrogen) atoms. The monoisotopic (exact) mass is 408 g/mol. The van der Waals surface area contributed by atoms with Crippen molar-refractivity contribution >= 4 is 11.8 Å². The summed E-state index contributed by atoms with van der Waals surface area (Å²) in [5.41, 5.74) is 2.29. The zero-order valence-electron chi connectivity index (χ0n) is 17.3. The third kappa shape index (κ3) is 4.11. The Labute approximate surface area is 177 Å². The van der Waals surface area contributed by atoms with Gasteiger partial charge in [0, 0.05) is 32.4 Å². The first-order valence-corrected chi connectivity index (χ1v) is 10.5. The zero-order valence-corrected chi connectivity index (χ0v) is 17.3. The first kappa shape index (κ1) is 20.6. The SMILES string of the molecule is COCCN1C(=O)c2ccccc2[C@H](C(=O)NC[C@H]2CCCO2)[C@H]1c1ccccc1. The molecule has 0 saturated carbocycles. The van der Waals surface area contributed by atoms with E-state index in [9.17, 15) is 9.59 Å². The highest BCUT2D eigenvalue weighted by Crippen LogP contribution is 2.42. The van der Waals surface area contributed by atoms with Gasteiger partial charge in [-0.25, -0.2) is 0 Å². The number of hydrogen-bond donors (Lipinski definition) is 1. The predicted molar refractivity (Wildman–Crippen MR) is 113 cm³/mol. The van der Waals surface area contributed by atoms with E-state index >= 15 is 0 Å². The molecule has 0 spiro atoms. The molecule has 2 heterocycles. The van der Waals surface area contributed by atoms with Gasteiger partial charge in [0.15, 0.2) is 0 Å². The second-order valence-electron chi connectivity index (χ2n) is 7.79. The standard InChI is InChI=1S/C24H28N2O4/c1-29-15-13-26-22(17-8-3-2-4-9-17)21(19-11-5-6-12-20(19)24(26)28)23(27)25-16-18-10-7-14-30-18/h2-6,8-9,11-12,18,21-22H,7,10,13-16H2,1H3,(H,25,27)/t18-,21+,22-/m1/s1. The summed E-state index contributed by atoms with van der Waals surface area (Å²) >= 11 is 0. The summed E-state index contributed by atoms with van der Waals surface area (Å²) in [5.74, 6) is -0.652. The topological polar surface area (TPSA) is 67.9 Å². The van der Waals surface area contributed by atoms with Crippen LogP contribution in [0, 0.1) is 0 Å². The summed E-state index contributed by atoms with van der Waals surface area (Å²) in [6.45, 7) is 2.06. The van der Waals surface area contributed by atoms with Gasteiger partial charge in [-0.15, -0.1) is 0 Å². The van der Waals surface area contributed by atoms with E-state index in [4.69, 9.17) is 9.47 Å². The van der Waals surface area contributed by atoms with E-state index in [1.165, 1.54) is 0 Å². The van der Waals surface area contributed by atoms with Crippen LogP contribution in [0.15, 0.2) is 54.6 Å². The van der Waals surface area contributed by atoms with Gasteiger partial charge in [-0.1, -0.05) is 48.5 Å². The van der Waals surface area contributed by atoms with E-state index in [1.807, 2.05) is 48.5 Å². The van der Waals surface area contributed by atoms with E-state index in [0.29, 0.717) is 25.3 Å². The lowest BCUT2D eigenvalue weighted by molar-refractivity contribution is -0.124. The number of amides is 2. The van der Waals surface area contributed by atoms with Crippen LogP contribution in [0.3, 0.4) is 0 Å². The fourth-order valence-corrected chi connectivity index (χ4v) is 4.46. The van der Waals surface area contributed by atoms with Gasteiger partial charge in [0.2, 0.25) is 5.91 Å². The Hall–Kier alpha value is -2.70. The van der Waals surface area contributed by atoms with Crippen LogP contribution in [-0.2, 0) is 14.3 Å². The summed E-state index contributed by atoms with van der Waals surface area (Å²) in [6, 6.07) is 16.8. The molecule has 6 nitrogen and oxygen atoms in total. The minimum atomic E-state index is -0.500. The van der Waals surface area contributed by atoms with Crippen LogP contribution in [0.5, 0.6) is 0 Å². The van der Waals surface area contributed by atoms with Crippen molar-refractivity contribution in [2.45, 2.75) is 30.9 Å². The molecule has 2 aromatic rings. The molecule has 6 heteroatoms. The minimum Gasteiger partial charge on any atom is -0.383 e. The first-order valence-electron chi connectivity index (χ1n) is 10.5. The molecule has 2 aliphatic heterocycles. The fourth-order valence-electron chi connectivity index (χ4n) is 4.46. The van der Waals surface area contributed by atoms with Crippen molar-refractivity contribution in [3.05, 3.63) is 71.3 Å². The molecule has 158 valence electrons. The fraction of sp³-hybridized carbons (Fsp3) is 0.417. The van der Waals surface area contributed by atoms with Crippen LogP contribution in [0.1, 0.15) is 46.3 Å². The quantitative estimate of drug-likeness (QED) is 0.765. The molecule has 0 aliphatic carbocycles. The van der Waals surface area contributed by atoms with Crippen LogP contribution in [-0.4, -0.2) is 56.2 Å². The number of hydrogen-bond acceptors (Lipinski definition) is 4. The van der Waals surface area contributed by atoms with Crippen molar-refractivity contribution in [1.82, 2.24) is 10.2 Å². The van der Waals surface area contributed by atoms with Crippen molar-refractivity contribution in [2.75, 3.05) is 33.4 Å². The summed E-state index contributed by atoms with van der Waals surface area (Å²) in [7, 11) is 1.62. The number of rotatable bonds is 7. The van der Waals surface area contributed by atoms with Gasteiger partial charge in [0.25, 0.3) is 5.91 Å². The molecule has 3 atom stereocenters. The number of nitrogens with one attached hydrogen (secondary N) is 1. The average molecular weight is 408 g/mol. The van der Waals surface area contributed by atoms with Crippen LogP contribution in [0.2, 0.25) is 0 Å². The third-order valence-corrected chi connectivity index (χ3v) is 5.93. The highest BCUT2D eigenvalue weighted by Gasteiger charge is 2.43. The normalized spacial score (nSPS) is 23.3. The molecule has 0 aromatic heterocycles. The number of benzene rings is 2. The molecule has 2 amide bonds. The Morgan fingerprint density at radius 3 is 2.67 bits per heavy atom. The molecular formula is C24H28N2O4. The van der Waals surface area contributed by atoms with Crippen molar-refractivity contribution < 1.29 is 19.1 Å². The van der Waals surface area contributed by atoms with Gasteiger partial charge in [0.05, 0.1) is 24.7 Å². The number of fused-ring (bicyclic) bond motifs is 1. The van der Waals surface area contributed by atoms with Crippen molar-refractivity contribution in [3.8, 4) is 0 Å². The van der Waals surface area contributed by atoms with Gasteiger partial charge in [-0.3, -0.25) is 9.59 Å². The smallest absolute Gasteiger partial charge is 0.254 e. The molecule has 2 aromatic carbocycles. The van der Waals surface area contributed by atoms with Crippen LogP contribution < -0.4 is 5.32 Å². The van der Waals surface area contributed by atoms with E-state index in [2.05, 4.69) is 5.32 Å². The number of carbonyl (C=O) groups excluding carboxylic acids is 2. The zero-order chi connectivity index (χ0) is 20.9. The number of methoxy groups -OCH3 is 1. The van der Waals surface area contributed by atoms with E-state index < -0.39 is 12.0 Å². The maximum Gasteiger partial charge on any atom is 0.254 e. The third-order valence-electron chi connectivity index (χ3n) is 5.93. The van der Waals surface area contributed by atoms with Gasteiger partial charge in [0.1, 0.15) is 0 Å². The summed E-state index contributed by atoms with van der Waals surface area (Å²) in [6.07, 6.45) is 2.05. The molecule has 0 radical (unpaired) electrons. The maximum absolute atomic E-state index is 13.5. The van der Waals surface area contributed by atoms with Gasteiger partial charge in [-0.05, 0) is 30.0 Å². The largest absolute Gasteiger partial charge is 0.383 e. The summed E-state index contributed by atoms with van der Waals surface area (Å²) in [5, 5.41) is 3.09. The Morgan fingerprint density at radius 1 is 1.17 bits per heavy atom. The Bertz CT molecular complexity index is 880. The van der Waals surface area contributed by atoms with Crippen molar-refractivity contribution in [1.29, 1.82) is 0 Å². The molecule has 1 N–H and O–H groups in total. The lowest BCUT2D eigenvalue weighted by Crippen LogP contribution is -2.49. The second-order valence-corrected chi connectivity index (χ2v) is 7.79. The summed E-state index contributed by atoms with van der Waals surface area (Å²) in [4.78, 5) is 28.6. The molecular weight excluding hydrogens is 380 g/mol. The Balaban J connectivity index is 1.72. The average Bonchev–Trinajstić information content (AvgIpc) is 3.31. The van der Waals surface area contributed by atoms with Crippen LogP contribution in [0.25, 0.3) is 0 Å². The van der Waals surface area contributed by atoms with Crippen molar-refractivity contribution in [2.24, 2.45) is 0 Å². The van der Waals surface area contributed by atoms with Gasteiger partial charge >= 0.3 is 0 Å². The highest BCUT2D eigenvalue weighted by molar-refractivity contribution is 6.01. The van der Waals surface area contributed by atoms with E-state index in [-0.39, 0.29) is 17.9 Å². The first-order chi connectivity index (χ1) is 14.7. The highest BCUT2D eigenvalue weighted by atomic mass is 16.5. The number of nitrogens with zero attached hydrogens (tertiary/aromatic N) is 1. The molecule has 4 rings (SSSR count). The van der Waals surface area contributed by atoms with Crippen molar-refractivity contribution in [3.63, 3.8) is 0 Å². The minimum absolute atomic E-state index is 0.0641. The number of ether oxygens (including phenoxy) is 2. The molecule has 0 bridgehead atoms. The Morgan fingerprint density at radius 2 is 1.93 bits per heavy atom. The maximum atomic E-state index is 13.5. The molecule has 1 fully saturated rings. The van der Waals surface area contributed by atoms with E-state index in [0.717, 1.165) is 30.6 Å². The lowest BCUT2D eigenvalue weighted by atomic mass is 9.79. The molecule has 0 unspecified atom stereocenters. The van der Waals surface area contributed by atoms with Crippen LogP contribution in [0.4, 0.5) is 0 Å². The van der Waals surface area contributed by atoms with E-state index in [1.54, 1.807) is 18.1 Å². The summed E-state index contributed by atoms with van der Waals surface area (Å²) < 4.78 is 10.9. The van der Waals surface area contributed by atoms with Gasteiger partial charge < -0.3 is 19.7 Å². The lowest BCUT2D eigenvalue weighted by Gasteiger charge is -2.41.